The summed E-state index contributed by atoms with van der Waals surface area (Å²) >= 11 is 0. The summed E-state index contributed by atoms with van der Waals surface area (Å²) in [5.41, 5.74) is 2.53. The lowest BCUT2D eigenvalue weighted by Gasteiger charge is -2.13. The molecular weight excluding hydrogens is 300 g/mol. The van der Waals surface area contributed by atoms with Crippen LogP contribution in [0.15, 0.2) is 48.5 Å². The average molecular weight is 326 g/mol. The lowest BCUT2D eigenvalue weighted by molar-refractivity contribution is 0.102. The standard InChI is InChI=1S/C20H26N2O2/c1-4-15(3)24-18-12-10-16(11-13-18)20(23)22-19-9-7-6-8-17(19)14-21-5-2/h6-13,15,21H,4-5,14H2,1-3H3,(H,22,23). The number of rotatable bonds is 8. The van der Waals surface area contributed by atoms with Gasteiger partial charge in [-0.2, -0.15) is 0 Å². The largest absolute Gasteiger partial charge is 0.491 e. The molecule has 0 bridgehead atoms. The summed E-state index contributed by atoms with van der Waals surface area (Å²) in [5.74, 6) is 0.669. The molecule has 0 spiro atoms. The van der Waals surface area contributed by atoms with Crippen LogP contribution in [0.5, 0.6) is 5.75 Å². The van der Waals surface area contributed by atoms with Gasteiger partial charge in [0.15, 0.2) is 0 Å². The van der Waals surface area contributed by atoms with Gasteiger partial charge >= 0.3 is 0 Å². The highest BCUT2D eigenvalue weighted by Gasteiger charge is 2.09. The normalized spacial score (nSPS) is 11.8. The van der Waals surface area contributed by atoms with E-state index in [1.165, 1.54) is 0 Å². The third-order valence-electron chi connectivity index (χ3n) is 3.86. The number of para-hydroxylation sites is 1. The van der Waals surface area contributed by atoms with Gasteiger partial charge in [-0.1, -0.05) is 32.0 Å². The Kier molecular flexibility index (Phi) is 6.82. The second-order valence-electron chi connectivity index (χ2n) is 5.75. The molecule has 0 aliphatic carbocycles. The maximum atomic E-state index is 12.5. The molecule has 4 heteroatoms. The van der Waals surface area contributed by atoms with Crippen molar-refractivity contribution >= 4 is 11.6 Å². The van der Waals surface area contributed by atoms with Crippen LogP contribution in [0, 0.1) is 0 Å². The zero-order valence-corrected chi connectivity index (χ0v) is 14.6. The molecule has 2 aromatic carbocycles. The molecule has 2 N–H and O–H groups in total. The molecular formula is C20H26N2O2. The Hall–Kier alpha value is -2.33. The Morgan fingerprint density at radius 2 is 1.79 bits per heavy atom. The van der Waals surface area contributed by atoms with Crippen molar-refractivity contribution in [1.82, 2.24) is 5.32 Å². The van der Waals surface area contributed by atoms with Crippen molar-refractivity contribution in [2.75, 3.05) is 11.9 Å². The van der Waals surface area contributed by atoms with Crippen molar-refractivity contribution in [3.63, 3.8) is 0 Å². The van der Waals surface area contributed by atoms with E-state index in [-0.39, 0.29) is 12.0 Å². The lowest BCUT2D eigenvalue weighted by atomic mass is 10.1. The van der Waals surface area contributed by atoms with E-state index >= 15 is 0 Å². The van der Waals surface area contributed by atoms with E-state index in [9.17, 15) is 4.79 Å². The second kappa shape index (κ2) is 9.08. The topological polar surface area (TPSA) is 50.4 Å². The monoisotopic (exact) mass is 326 g/mol. The number of nitrogens with one attached hydrogen (secondary N) is 2. The summed E-state index contributed by atoms with van der Waals surface area (Å²) in [6.07, 6.45) is 1.12. The summed E-state index contributed by atoms with van der Waals surface area (Å²) in [5, 5.41) is 6.27. The van der Waals surface area contributed by atoms with Crippen LogP contribution >= 0.6 is 0 Å². The third-order valence-corrected chi connectivity index (χ3v) is 3.86. The third kappa shape index (κ3) is 5.10. The first-order valence-electron chi connectivity index (χ1n) is 8.50. The molecule has 0 aliphatic heterocycles. The smallest absolute Gasteiger partial charge is 0.255 e. The van der Waals surface area contributed by atoms with Crippen LogP contribution in [0.3, 0.4) is 0 Å². The maximum absolute atomic E-state index is 12.5. The molecule has 1 unspecified atom stereocenters. The van der Waals surface area contributed by atoms with Gasteiger partial charge in [-0.25, -0.2) is 0 Å². The van der Waals surface area contributed by atoms with Crippen molar-refractivity contribution in [2.45, 2.75) is 39.8 Å². The molecule has 2 aromatic rings. The fourth-order valence-electron chi connectivity index (χ4n) is 2.25. The maximum Gasteiger partial charge on any atom is 0.255 e. The summed E-state index contributed by atoms with van der Waals surface area (Å²) in [6, 6.07) is 15.1. The average Bonchev–Trinajstić information content (AvgIpc) is 2.61. The predicted octanol–water partition coefficient (Wildman–Crippen LogP) is 4.23. The predicted molar refractivity (Wildman–Crippen MR) is 98.6 cm³/mol. The number of benzene rings is 2. The molecule has 0 saturated carbocycles. The minimum absolute atomic E-state index is 0.117. The molecule has 24 heavy (non-hydrogen) atoms. The van der Waals surface area contributed by atoms with Gasteiger partial charge in [-0.15, -0.1) is 0 Å². The van der Waals surface area contributed by atoms with Gasteiger partial charge < -0.3 is 15.4 Å². The van der Waals surface area contributed by atoms with Crippen LogP contribution in [0.1, 0.15) is 43.1 Å². The van der Waals surface area contributed by atoms with Crippen LogP contribution in [0.2, 0.25) is 0 Å². The highest BCUT2D eigenvalue weighted by Crippen LogP contribution is 2.18. The van der Waals surface area contributed by atoms with Crippen molar-refractivity contribution in [3.05, 3.63) is 59.7 Å². The van der Waals surface area contributed by atoms with E-state index in [0.717, 1.165) is 36.5 Å². The summed E-state index contributed by atoms with van der Waals surface area (Å²) in [4.78, 5) is 12.5. The first-order valence-corrected chi connectivity index (χ1v) is 8.50. The molecule has 2 rings (SSSR count). The quantitative estimate of drug-likeness (QED) is 0.763. The van der Waals surface area contributed by atoms with Crippen LogP contribution in [0.25, 0.3) is 0 Å². The van der Waals surface area contributed by atoms with Crippen molar-refractivity contribution in [1.29, 1.82) is 0 Å². The van der Waals surface area contributed by atoms with E-state index in [1.54, 1.807) is 12.1 Å². The highest BCUT2D eigenvalue weighted by molar-refractivity contribution is 6.04. The highest BCUT2D eigenvalue weighted by atomic mass is 16.5. The van der Waals surface area contributed by atoms with E-state index in [4.69, 9.17) is 4.74 Å². The first kappa shape index (κ1) is 18.0. The Bertz CT molecular complexity index is 653. The SMILES string of the molecule is CCNCc1ccccc1NC(=O)c1ccc(OC(C)CC)cc1. The van der Waals surface area contributed by atoms with Crippen molar-refractivity contribution < 1.29 is 9.53 Å². The summed E-state index contributed by atoms with van der Waals surface area (Å²) in [6.45, 7) is 7.79. The molecule has 0 radical (unpaired) electrons. The minimum atomic E-state index is -0.117. The van der Waals surface area contributed by atoms with E-state index in [1.807, 2.05) is 43.3 Å². The van der Waals surface area contributed by atoms with Gasteiger partial charge in [0.2, 0.25) is 0 Å². The molecule has 128 valence electrons. The van der Waals surface area contributed by atoms with Crippen molar-refractivity contribution in [3.8, 4) is 5.75 Å². The number of amides is 1. The summed E-state index contributed by atoms with van der Waals surface area (Å²) in [7, 11) is 0. The second-order valence-corrected chi connectivity index (χ2v) is 5.75. The molecule has 0 aromatic heterocycles. The number of carbonyl (C=O) groups excluding carboxylic acids is 1. The van der Waals surface area contributed by atoms with Gasteiger partial charge in [0.05, 0.1) is 6.10 Å². The number of hydrogen-bond donors (Lipinski definition) is 2. The van der Waals surface area contributed by atoms with Gasteiger partial charge in [-0.3, -0.25) is 4.79 Å². The van der Waals surface area contributed by atoms with Gasteiger partial charge in [-0.05, 0) is 55.8 Å². The summed E-state index contributed by atoms with van der Waals surface area (Å²) < 4.78 is 5.74. The lowest BCUT2D eigenvalue weighted by Crippen LogP contribution is -2.17. The zero-order chi connectivity index (χ0) is 17.4. The zero-order valence-electron chi connectivity index (χ0n) is 14.6. The Morgan fingerprint density at radius 1 is 1.08 bits per heavy atom. The van der Waals surface area contributed by atoms with E-state index in [0.29, 0.717) is 5.56 Å². The minimum Gasteiger partial charge on any atom is -0.491 e. The molecule has 1 atom stereocenters. The number of anilines is 1. The fourth-order valence-corrected chi connectivity index (χ4v) is 2.25. The van der Waals surface area contributed by atoms with Gasteiger partial charge in [0, 0.05) is 17.8 Å². The van der Waals surface area contributed by atoms with Crippen LogP contribution in [0.4, 0.5) is 5.69 Å². The molecule has 0 aliphatic rings. The Labute approximate surface area is 144 Å². The number of ether oxygens (including phenoxy) is 1. The molecule has 0 heterocycles. The number of hydrogen-bond acceptors (Lipinski definition) is 3. The van der Waals surface area contributed by atoms with Crippen LogP contribution in [-0.2, 0) is 6.54 Å². The number of carbonyl (C=O) groups is 1. The van der Waals surface area contributed by atoms with Crippen LogP contribution in [-0.4, -0.2) is 18.6 Å². The molecule has 0 fully saturated rings. The Morgan fingerprint density at radius 3 is 2.46 bits per heavy atom. The Balaban J connectivity index is 2.04. The fraction of sp³-hybridized carbons (Fsp3) is 0.350. The van der Waals surface area contributed by atoms with E-state index in [2.05, 4.69) is 24.5 Å². The van der Waals surface area contributed by atoms with Crippen LogP contribution < -0.4 is 15.4 Å². The van der Waals surface area contributed by atoms with Gasteiger partial charge in [0.25, 0.3) is 5.91 Å². The molecule has 1 amide bonds. The van der Waals surface area contributed by atoms with Gasteiger partial charge in [0.1, 0.15) is 5.75 Å². The molecule has 0 saturated heterocycles. The first-order chi connectivity index (χ1) is 11.6. The molecule has 4 nitrogen and oxygen atoms in total. The van der Waals surface area contributed by atoms with Crippen molar-refractivity contribution in [2.24, 2.45) is 0 Å². The van der Waals surface area contributed by atoms with E-state index < -0.39 is 0 Å².